The summed E-state index contributed by atoms with van der Waals surface area (Å²) in [5.74, 6) is 0.711. The molecule has 2 heterocycles. The van der Waals surface area contributed by atoms with E-state index in [-0.39, 0.29) is 24.2 Å². The summed E-state index contributed by atoms with van der Waals surface area (Å²) in [7, 11) is 0. The highest BCUT2D eigenvalue weighted by Crippen LogP contribution is 2.31. The molecule has 2 rings (SSSR count). The molecule has 0 aromatic carbocycles. The lowest BCUT2D eigenvalue weighted by Gasteiger charge is -2.32. The Morgan fingerprint density at radius 2 is 2.17 bits per heavy atom. The molecule has 18 heavy (non-hydrogen) atoms. The van der Waals surface area contributed by atoms with E-state index in [1.54, 1.807) is 11.3 Å². The molecule has 3 nitrogen and oxygen atoms in total. The van der Waals surface area contributed by atoms with Crippen LogP contribution in [0.15, 0.2) is 16.8 Å². The maximum Gasteiger partial charge on any atom is 0.241 e. The average Bonchev–Trinajstić information content (AvgIpc) is 2.95. The Balaban J connectivity index is 2.29. The van der Waals surface area contributed by atoms with Crippen molar-refractivity contribution in [2.45, 2.75) is 52.4 Å². The van der Waals surface area contributed by atoms with Crippen LogP contribution in [0.3, 0.4) is 0 Å². The Kier molecular flexibility index (Phi) is 4.07. The van der Waals surface area contributed by atoms with Gasteiger partial charge in [0, 0.05) is 6.04 Å². The molecule has 1 saturated heterocycles. The van der Waals surface area contributed by atoms with Crippen molar-refractivity contribution in [1.82, 2.24) is 10.2 Å². The van der Waals surface area contributed by atoms with E-state index in [1.165, 1.54) is 5.56 Å². The van der Waals surface area contributed by atoms with E-state index in [0.717, 1.165) is 6.42 Å². The monoisotopic (exact) mass is 266 g/mol. The van der Waals surface area contributed by atoms with Crippen LogP contribution in [0.2, 0.25) is 0 Å². The number of carbonyl (C=O) groups excluding carboxylic acids is 1. The van der Waals surface area contributed by atoms with E-state index in [1.807, 2.05) is 4.90 Å². The van der Waals surface area contributed by atoms with Gasteiger partial charge in [-0.3, -0.25) is 10.1 Å². The average molecular weight is 266 g/mol. The first kappa shape index (κ1) is 13.6. The summed E-state index contributed by atoms with van der Waals surface area (Å²) in [5, 5.41) is 7.66. The number of carbonyl (C=O) groups is 1. The third-order valence-corrected chi connectivity index (χ3v) is 4.56. The van der Waals surface area contributed by atoms with Crippen LogP contribution in [-0.2, 0) is 4.79 Å². The molecule has 1 N–H and O–H groups in total. The highest BCUT2D eigenvalue weighted by molar-refractivity contribution is 7.07. The standard InChI is InChI=1S/C14H22N2OS/c1-5-12-14(17)16(10(4)9(2)3)13(15-12)11-6-7-18-8-11/h6-10,12-13,15H,5H2,1-4H3. The zero-order chi connectivity index (χ0) is 13.3. The molecular formula is C14H22N2OS. The third-order valence-electron chi connectivity index (χ3n) is 3.86. The van der Waals surface area contributed by atoms with Crippen LogP contribution in [0, 0.1) is 5.92 Å². The number of nitrogens with one attached hydrogen (secondary N) is 1. The molecule has 0 spiro atoms. The van der Waals surface area contributed by atoms with Gasteiger partial charge in [-0.25, -0.2) is 0 Å². The number of amides is 1. The molecule has 1 fully saturated rings. The van der Waals surface area contributed by atoms with Crippen molar-refractivity contribution in [1.29, 1.82) is 0 Å². The Morgan fingerprint density at radius 1 is 1.44 bits per heavy atom. The van der Waals surface area contributed by atoms with Crippen molar-refractivity contribution in [3.8, 4) is 0 Å². The molecular weight excluding hydrogens is 244 g/mol. The highest BCUT2D eigenvalue weighted by atomic mass is 32.1. The fraction of sp³-hybridized carbons (Fsp3) is 0.643. The fourth-order valence-corrected chi connectivity index (χ4v) is 3.07. The first-order valence-electron chi connectivity index (χ1n) is 6.66. The Morgan fingerprint density at radius 3 is 2.67 bits per heavy atom. The molecule has 0 aliphatic carbocycles. The van der Waals surface area contributed by atoms with Crippen LogP contribution in [0.25, 0.3) is 0 Å². The van der Waals surface area contributed by atoms with Crippen molar-refractivity contribution in [2.24, 2.45) is 5.92 Å². The lowest BCUT2D eigenvalue weighted by atomic mass is 10.0. The van der Waals surface area contributed by atoms with Crippen LogP contribution in [0.5, 0.6) is 0 Å². The molecule has 1 aliphatic rings. The molecule has 0 bridgehead atoms. The summed E-state index contributed by atoms with van der Waals surface area (Å²) >= 11 is 1.68. The van der Waals surface area contributed by atoms with Gasteiger partial charge in [-0.05, 0) is 41.7 Å². The van der Waals surface area contributed by atoms with Crippen LogP contribution in [-0.4, -0.2) is 22.9 Å². The van der Waals surface area contributed by atoms with Gasteiger partial charge in [0.25, 0.3) is 0 Å². The molecule has 0 saturated carbocycles. The van der Waals surface area contributed by atoms with Crippen molar-refractivity contribution >= 4 is 17.2 Å². The van der Waals surface area contributed by atoms with Crippen LogP contribution >= 0.6 is 11.3 Å². The maximum atomic E-state index is 12.5. The quantitative estimate of drug-likeness (QED) is 0.908. The molecule has 0 radical (unpaired) electrons. The van der Waals surface area contributed by atoms with Gasteiger partial charge in [0.1, 0.15) is 6.17 Å². The van der Waals surface area contributed by atoms with Crippen molar-refractivity contribution < 1.29 is 4.79 Å². The minimum Gasteiger partial charge on any atom is -0.319 e. The third kappa shape index (κ3) is 2.31. The number of nitrogens with zero attached hydrogens (tertiary/aromatic N) is 1. The van der Waals surface area contributed by atoms with E-state index in [0.29, 0.717) is 5.92 Å². The lowest BCUT2D eigenvalue weighted by Crippen LogP contribution is -2.41. The number of hydrogen-bond acceptors (Lipinski definition) is 3. The second-order valence-corrected chi connectivity index (χ2v) is 6.10. The predicted octanol–water partition coefficient (Wildman–Crippen LogP) is 3.00. The number of hydrogen-bond donors (Lipinski definition) is 1. The summed E-state index contributed by atoms with van der Waals surface area (Å²) in [4.78, 5) is 14.5. The van der Waals surface area contributed by atoms with E-state index >= 15 is 0 Å². The van der Waals surface area contributed by atoms with Gasteiger partial charge in [0.05, 0.1) is 6.04 Å². The Labute approximate surface area is 113 Å². The first-order valence-corrected chi connectivity index (χ1v) is 7.60. The Hall–Kier alpha value is -0.870. The zero-order valence-electron chi connectivity index (χ0n) is 11.5. The smallest absolute Gasteiger partial charge is 0.241 e. The number of rotatable bonds is 4. The van der Waals surface area contributed by atoms with Gasteiger partial charge in [0.15, 0.2) is 0 Å². The van der Waals surface area contributed by atoms with Crippen LogP contribution in [0.4, 0.5) is 0 Å². The SMILES string of the molecule is CCC1NC(c2ccsc2)N(C(C)C(C)C)C1=O. The summed E-state index contributed by atoms with van der Waals surface area (Å²) in [6.45, 7) is 8.54. The van der Waals surface area contributed by atoms with Gasteiger partial charge < -0.3 is 4.90 Å². The largest absolute Gasteiger partial charge is 0.319 e. The molecule has 1 aromatic rings. The van der Waals surface area contributed by atoms with E-state index < -0.39 is 0 Å². The maximum absolute atomic E-state index is 12.5. The van der Waals surface area contributed by atoms with E-state index in [4.69, 9.17) is 0 Å². The van der Waals surface area contributed by atoms with Gasteiger partial charge in [0.2, 0.25) is 5.91 Å². The van der Waals surface area contributed by atoms with Gasteiger partial charge in [-0.15, -0.1) is 0 Å². The van der Waals surface area contributed by atoms with Gasteiger partial charge >= 0.3 is 0 Å². The summed E-state index contributed by atoms with van der Waals surface area (Å²) in [6, 6.07) is 2.33. The van der Waals surface area contributed by atoms with Crippen molar-refractivity contribution in [3.05, 3.63) is 22.4 Å². The number of thiophene rings is 1. The lowest BCUT2D eigenvalue weighted by molar-refractivity contribution is -0.133. The second kappa shape index (κ2) is 5.41. The minimum atomic E-state index is -0.0314. The molecule has 1 amide bonds. The Bertz CT molecular complexity index is 402. The van der Waals surface area contributed by atoms with E-state index in [9.17, 15) is 4.79 Å². The van der Waals surface area contributed by atoms with Gasteiger partial charge in [-0.2, -0.15) is 11.3 Å². The normalized spacial score (nSPS) is 26.1. The summed E-state index contributed by atoms with van der Waals surface area (Å²) in [6.07, 6.45) is 0.895. The van der Waals surface area contributed by atoms with Crippen LogP contribution < -0.4 is 5.32 Å². The highest BCUT2D eigenvalue weighted by Gasteiger charge is 2.41. The fourth-order valence-electron chi connectivity index (χ4n) is 2.39. The summed E-state index contributed by atoms with van der Waals surface area (Å²) in [5.41, 5.74) is 1.21. The van der Waals surface area contributed by atoms with Crippen molar-refractivity contribution in [2.75, 3.05) is 0 Å². The van der Waals surface area contributed by atoms with E-state index in [2.05, 4.69) is 49.8 Å². The second-order valence-electron chi connectivity index (χ2n) is 5.32. The van der Waals surface area contributed by atoms with Crippen molar-refractivity contribution in [3.63, 3.8) is 0 Å². The molecule has 1 aliphatic heterocycles. The zero-order valence-corrected chi connectivity index (χ0v) is 12.3. The molecule has 1 aromatic heterocycles. The van der Waals surface area contributed by atoms with Gasteiger partial charge in [-0.1, -0.05) is 20.8 Å². The molecule has 100 valence electrons. The first-order chi connectivity index (χ1) is 8.56. The molecule has 3 atom stereocenters. The predicted molar refractivity (Wildman–Crippen MR) is 75.4 cm³/mol. The summed E-state index contributed by atoms with van der Waals surface area (Å²) < 4.78 is 0. The minimum absolute atomic E-state index is 0.0314. The topological polar surface area (TPSA) is 32.3 Å². The van der Waals surface area contributed by atoms with Crippen LogP contribution in [0.1, 0.15) is 45.8 Å². The molecule has 4 heteroatoms. The molecule has 3 unspecified atom stereocenters.